The summed E-state index contributed by atoms with van der Waals surface area (Å²) in [5, 5.41) is 22.0. The van der Waals surface area contributed by atoms with Crippen LogP contribution in [-0.2, 0) is 4.74 Å². The lowest BCUT2D eigenvalue weighted by Crippen LogP contribution is -2.39. The van der Waals surface area contributed by atoms with Crippen LogP contribution in [0.15, 0.2) is 22.7 Å². The molecule has 0 amide bonds. The van der Waals surface area contributed by atoms with E-state index in [0.717, 1.165) is 23.0 Å². The summed E-state index contributed by atoms with van der Waals surface area (Å²) < 4.78 is 6.23. The third kappa shape index (κ3) is 3.47. The normalized spacial score (nSPS) is 17.7. The Morgan fingerprint density at radius 1 is 1.42 bits per heavy atom. The second kappa shape index (κ2) is 6.38. The van der Waals surface area contributed by atoms with E-state index in [9.17, 15) is 5.11 Å². The van der Waals surface area contributed by atoms with Gasteiger partial charge in [-0.05, 0) is 31.0 Å². The Labute approximate surface area is 121 Å². The van der Waals surface area contributed by atoms with Crippen molar-refractivity contribution in [1.82, 2.24) is 0 Å². The molecule has 0 atom stereocenters. The minimum atomic E-state index is -0.141. The standard InChI is InChI=1S/C14H17BrN2O2/c15-12-1-2-13(11(7-12)8-16)17-9-14(10-18)3-5-19-6-4-14/h1-2,7,17-18H,3-6,9-10H2. The first-order valence-corrected chi connectivity index (χ1v) is 7.10. The van der Waals surface area contributed by atoms with Crippen LogP contribution in [0, 0.1) is 16.7 Å². The van der Waals surface area contributed by atoms with Crippen LogP contribution in [0.25, 0.3) is 0 Å². The summed E-state index contributed by atoms with van der Waals surface area (Å²) in [6.07, 6.45) is 1.68. The van der Waals surface area contributed by atoms with E-state index in [1.54, 1.807) is 6.07 Å². The molecule has 2 rings (SSSR count). The smallest absolute Gasteiger partial charge is 0.101 e. The summed E-state index contributed by atoms with van der Waals surface area (Å²) >= 11 is 3.35. The fraction of sp³-hybridized carbons (Fsp3) is 0.500. The van der Waals surface area contributed by atoms with Crippen LogP contribution in [-0.4, -0.2) is 31.5 Å². The Morgan fingerprint density at radius 2 is 2.16 bits per heavy atom. The molecule has 1 heterocycles. The summed E-state index contributed by atoms with van der Waals surface area (Å²) in [4.78, 5) is 0. The molecule has 102 valence electrons. The van der Waals surface area contributed by atoms with E-state index in [4.69, 9.17) is 10.00 Å². The maximum atomic E-state index is 9.62. The zero-order chi connectivity index (χ0) is 13.7. The highest BCUT2D eigenvalue weighted by Gasteiger charge is 2.31. The van der Waals surface area contributed by atoms with Crippen LogP contribution in [0.5, 0.6) is 0 Å². The molecule has 1 fully saturated rings. The van der Waals surface area contributed by atoms with Crippen LogP contribution < -0.4 is 5.32 Å². The lowest BCUT2D eigenvalue weighted by atomic mass is 9.81. The molecule has 0 bridgehead atoms. The number of hydrogen-bond acceptors (Lipinski definition) is 4. The van der Waals surface area contributed by atoms with Gasteiger partial charge in [0.15, 0.2) is 0 Å². The van der Waals surface area contributed by atoms with Gasteiger partial charge < -0.3 is 15.2 Å². The van der Waals surface area contributed by atoms with Gasteiger partial charge in [0, 0.05) is 29.6 Å². The Hall–Kier alpha value is -1.09. The second-order valence-corrected chi connectivity index (χ2v) is 5.84. The first kappa shape index (κ1) is 14.3. The number of aliphatic hydroxyl groups excluding tert-OH is 1. The quantitative estimate of drug-likeness (QED) is 0.893. The molecule has 1 aromatic rings. The van der Waals surface area contributed by atoms with Crippen molar-refractivity contribution in [3.05, 3.63) is 28.2 Å². The molecular formula is C14H17BrN2O2. The first-order chi connectivity index (χ1) is 9.19. The average Bonchev–Trinajstić information content (AvgIpc) is 2.47. The molecule has 0 unspecified atom stereocenters. The van der Waals surface area contributed by atoms with Crippen molar-refractivity contribution in [3.63, 3.8) is 0 Å². The van der Waals surface area contributed by atoms with E-state index in [1.165, 1.54) is 0 Å². The van der Waals surface area contributed by atoms with Gasteiger partial charge in [0.2, 0.25) is 0 Å². The minimum Gasteiger partial charge on any atom is -0.396 e. The molecule has 0 spiro atoms. The fourth-order valence-corrected chi connectivity index (χ4v) is 2.60. The van der Waals surface area contributed by atoms with E-state index in [2.05, 4.69) is 27.3 Å². The molecule has 0 saturated carbocycles. The Bertz CT molecular complexity index is 479. The summed E-state index contributed by atoms with van der Waals surface area (Å²) in [6.45, 7) is 2.17. The van der Waals surface area contributed by atoms with E-state index >= 15 is 0 Å². The number of nitrogens with one attached hydrogen (secondary N) is 1. The van der Waals surface area contributed by atoms with E-state index in [0.29, 0.717) is 25.3 Å². The van der Waals surface area contributed by atoms with Crippen molar-refractivity contribution >= 4 is 21.6 Å². The van der Waals surface area contributed by atoms with Gasteiger partial charge in [-0.1, -0.05) is 15.9 Å². The number of benzene rings is 1. The topological polar surface area (TPSA) is 65.3 Å². The van der Waals surface area contributed by atoms with Gasteiger partial charge >= 0.3 is 0 Å². The van der Waals surface area contributed by atoms with E-state index in [-0.39, 0.29) is 12.0 Å². The van der Waals surface area contributed by atoms with Gasteiger partial charge in [0.1, 0.15) is 6.07 Å². The van der Waals surface area contributed by atoms with Gasteiger partial charge in [-0.15, -0.1) is 0 Å². The lowest BCUT2D eigenvalue weighted by Gasteiger charge is -2.35. The van der Waals surface area contributed by atoms with Gasteiger partial charge in [0.25, 0.3) is 0 Å². The molecule has 1 aliphatic heterocycles. The first-order valence-electron chi connectivity index (χ1n) is 6.31. The third-order valence-electron chi connectivity index (χ3n) is 3.64. The zero-order valence-electron chi connectivity index (χ0n) is 10.7. The molecule has 0 aromatic heterocycles. The fourth-order valence-electron chi connectivity index (χ4n) is 2.24. The molecule has 0 radical (unpaired) electrons. The number of halogens is 1. The number of anilines is 1. The van der Waals surface area contributed by atoms with Crippen LogP contribution in [0.3, 0.4) is 0 Å². The van der Waals surface area contributed by atoms with Crippen molar-refractivity contribution < 1.29 is 9.84 Å². The molecule has 0 aliphatic carbocycles. The number of nitrogens with zero attached hydrogens (tertiary/aromatic N) is 1. The Morgan fingerprint density at radius 3 is 2.79 bits per heavy atom. The maximum absolute atomic E-state index is 9.62. The molecule has 5 heteroatoms. The van der Waals surface area contributed by atoms with Gasteiger partial charge in [-0.25, -0.2) is 0 Å². The highest BCUT2D eigenvalue weighted by atomic mass is 79.9. The number of nitriles is 1. The molecule has 1 aromatic carbocycles. The summed E-state index contributed by atoms with van der Waals surface area (Å²) in [7, 11) is 0. The predicted molar refractivity (Wildman–Crippen MR) is 76.9 cm³/mol. The van der Waals surface area contributed by atoms with Gasteiger partial charge in [0.05, 0.1) is 17.9 Å². The largest absolute Gasteiger partial charge is 0.396 e. The van der Waals surface area contributed by atoms with Gasteiger partial charge in [-0.3, -0.25) is 0 Å². The van der Waals surface area contributed by atoms with Crippen molar-refractivity contribution in [2.24, 2.45) is 5.41 Å². The van der Waals surface area contributed by atoms with Gasteiger partial charge in [-0.2, -0.15) is 5.26 Å². The number of ether oxygens (including phenoxy) is 1. The number of aliphatic hydroxyl groups is 1. The highest BCUT2D eigenvalue weighted by Crippen LogP contribution is 2.31. The van der Waals surface area contributed by atoms with E-state index < -0.39 is 0 Å². The SMILES string of the molecule is N#Cc1cc(Br)ccc1NCC1(CO)CCOCC1. The Kier molecular flexibility index (Phi) is 4.81. The summed E-state index contributed by atoms with van der Waals surface area (Å²) in [5.41, 5.74) is 1.28. The van der Waals surface area contributed by atoms with E-state index in [1.807, 2.05) is 12.1 Å². The lowest BCUT2D eigenvalue weighted by molar-refractivity contribution is -0.00858. The monoisotopic (exact) mass is 324 g/mol. The highest BCUT2D eigenvalue weighted by molar-refractivity contribution is 9.10. The summed E-state index contributed by atoms with van der Waals surface area (Å²) in [6, 6.07) is 7.75. The number of rotatable bonds is 4. The van der Waals surface area contributed by atoms with Crippen molar-refractivity contribution in [2.75, 3.05) is 31.7 Å². The molecular weight excluding hydrogens is 308 g/mol. The average molecular weight is 325 g/mol. The van der Waals surface area contributed by atoms with Crippen molar-refractivity contribution in [2.45, 2.75) is 12.8 Å². The predicted octanol–water partition coefficient (Wildman–Crippen LogP) is 2.52. The number of hydrogen-bond donors (Lipinski definition) is 2. The molecule has 1 aliphatic rings. The second-order valence-electron chi connectivity index (χ2n) is 4.93. The zero-order valence-corrected chi connectivity index (χ0v) is 12.2. The molecule has 19 heavy (non-hydrogen) atoms. The van der Waals surface area contributed by atoms with Crippen molar-refractivity contribution in [1.29, 1.82) is 5.26 Å². The summed E-state index contributed by atoms with van der Waals surface area (Å²) in [5.74, 6) is 0. The van der Waals surface area contributed by atoms with Crippen molar-refractivity contribution in [3.8, 4) is 6.07 Å². The Balaban J connectivity index is 2.07. The maximum Gasteiger partial charge on any atom is 0.101 e. The molecule has 2 N–H and O–H groups in total. The minimum absolute atomic E-state index is 0.141. The van der Waals surface area contributed by atoms with Crippen LogP contribution in [0.1, 0.15) is 18.4 Å². The third-order valence-corrected chi connectivity index (χ3v) is 4.14. The van der Waals surface area contributed by atoms with Crippen LogP contribution in [0.4, 0.5) is 5.69 Å². The van der Waals surface area contributed by atoms with Crippen LogP contribution >= 0.6 is 15.9 Å². The van der Waals surface area contributed by atoms with Crippen LogP contribution in [0.2, 0.25) is 0 Å². The molecule has 1 saturated heterocycles. The molecule has 4 nitrogen and oxygen atoms in total.